The number of hydrogen-bond acceptors (Lipinski definition) is 5. The summed E-state index contributed by atoms with van der Waals surface area (Å²) in [5.41, 5.74) is 0.996. The lowest BCUT2D eigenvalue weighted by Gasteiger charge is -2.18. The number of benzene rings is 2. The molecule has 1 amide bonds. The number of nitrogens with zero attached hydrogens (tertiary/aromatic N) is 2. The van der Waals surface area contributed by atoms with Gasteiger partial charge in [-0.05, 0) is 43.0 Å². The molecule has 0 atom stereocenters. The molecule has 2 aromatic rings. The van der Waals surface area contributed by atoms with Crippen LogP contribution in [0.25, 0.3) is 0 Å². The maximum atomic E-state index is 12.6. The Bertz CT molecular complexity index is 779. The Hall–Kier alpha value is -2.54. The van der Waals surface area contributed by atoms with Gasteiger partial charge in [0.2, 0.25) is 0 Å². The SMILES string of the molecule is CSc1ccc([N+](=O)[O-])c(C(=O)N(C)CCOc2cccc(C)c2)c1. The summed E-state index contributed by atoms with van der Waals surface area (Å²) in [5.74, 6) is 0.339. The third-order valence-electron chi connectivity index (χ3n) is 3.66. The fourth-order valence-corrected chi connectivity index (χ4v) is 2.73. The van der Waals surface area contributed by atoms with Crippen molar-refractivity contribution in [3.63, 3.8) is 0 Å². The maximum Gasteiger partial charge on any atom is 0.282 e. The van der Waals surface area contributed by atoms with Crippen molar-refractivity contribution in [3.05, 3.63) is 63.7 Å². The predicted molar refractivity (Wildman–Crippen MR) is 98.5 cm³/mol. The van der Waals surface area contributed by atoms with Crippen LogP contribution in [0.5, 0.6) is 5.75 Å². The zero-order valence-corrected chi connectivity index (χ0v) is 15.2. The molecule has 0 aliphatic rings. The second-order valence-corrected chi connectivity index (χ2v) is 6.41. The Morgan fingerprint density at radius 2 is 2.04 bits per heavy atom. The van der Waals surface area contributed by atoms with Crippen molar-refractivity contribution in [2.24, 2.45) is 0 Å². The summed E-state index contributed by atoms with van der Waals surface area (Å²) < 4.78 is 5.63. The Balaban J connectivity index is 2.05. The van der Waals surface area contributed by atoms with Gasteiger partial charge in [-0.1, -0.05) is 12.1 Å². The molecule has 0 heterocycles. The fourth-order valence-electron chi connectivity index (χ4n) is 2.29. The van der Waals surface area contributed by atoms with Gasteiger partial charge in [-0.2, -0.15) is 0 Å². The first-order valence-corrected chi connectivity index (χ1v) is 8.92. The molecule has 0 fully saturated rings. The lowest BCUT2D eigenvalue weighted by molar-refractivity contribution is -0.385. The molecule has 25 heavy (non-hydrogen) atoms. The number of aryl methyl sites for hydroxylation is 1. The van der Waals surface area contributed by atoms with Crippen LogP contribution in [0.15, 0.2) is 47.4 Å². The summed E-state index contributed by atoms with van der Waals surface area (Å²) in [5, 5.41) is 11.2. The predicted octanol–water partition coefficient (Wildman–Crippen LogP) is 3.78. The van der Waals surface area contributed by atoms with Gasteiger partial charge in [0.25, 0.3) is 11.6 Å². The van der Waals surface area contributed by atoms with E-state index in [0.717, 1.165) is 16.2 Å². The number of amides is 1. The zero-order valence-electron chi connectivity index (χ0n) is 14.4. The van der Waals surface area contributed by atoms with E-state index in [1.54, 1.807) is 19.2 Å². The number of nitro benzene ring substituents is 1. The van der Waals surface area contributed by atoms with Crippen LogP contribution in [0.3, 0.4) is 0 Å². The quantitative estimate of drug-likeness (QED) is 0.427. The number of carbonyl (C=O) groups excluding carboxylic acids is 1. The van der Waals surface area contributed by atoms with Gasteiger partial charge in [-0.3, -0.25) is 14.9 Å². The average molecular weight is 360 g/mol. The second kappa shape index (κ2) is 8.53. The zero-order chi connectivity index (χ0) is 18.4. The van der Waals surface area contributed by atoms with Crippen LogP contribution in [-0.4, -0.2) is 42.2 Å². The Morgan fingerprint density at radius 3 is 2.68 bits per heavy atom. The largest absolute Gasteiger partial charge is 0.492 e. The molecule has 0 radical (unpaired) electrons. The third-order valence-corrected chi connectivity index (χ3v) is 4.39. The van der Waals surface area contributed by atoms with Crippen LogP contribution < -0.4 is 4.74 Å². The summed E-state index contributed by atoms with van der Waals surface area (Å²) in [6.45, 7) is 2.61. The Labute approximate surface area is 150 Å². The van der Waals surface area contributed by atoms with Crippen LogP contribution in [0.2, 0.25) is 0 Å². The van der Waals surface area contributed by atoms with E-state index in [4.69, 9.17) is 4.74 Å². The first-order valence-electron chi connectivity index (χ1n) is 7.69. The normalized spacial score (nSPS) is 10.4. The van der Waals surface area contributed by atoms with Crippen molar-refractivity contribution in [3.8, 4) is 5.75 Å². The molecule has 0 aliphatic carbocycles. The van der Waals surface area contributed by atoms with Gasteiger partial charge in [0, 0.05) is 18.0 Å². The monoisotopic (exact) mass is 360 g/mol. The van der Waals surface area contributed by atoms with Crippen molar-refractivity contribution in [2.45, 2.75) is 11.8 Å². The molecule has 0 aromatic heterocycles. The van der Waals surface area contributed by atoms with Crippen molar-refractivity contribution < 1.29 is 14.5 Å². The Morgan fingerprint density at radius 1 is 1.28 bits per heavy atom. The first kappa shape index (κ1) is 18.8. The minimum absolute atomic E-state index is 0.0925. The highest BCUT2D eigenvalue weighted by molar-refractivity contribution is 7.98. The van der Waals surface area contributed by atoms with Gasteiger partial charge in [0.15, 0.2) is 0 Å². The van der Waals surface area contributed by atoms with Gasteiger partial charge in [0.05, 0.1) is 11.5 Å². The number of likely N-dealkylation sites (N-methyl/N-ethyl adjacent to an activating group) is 1. The maximum absolute atomic E-state index is 12.6. The smallest absolute Gasteiger partial charge is 0.282 e. The van der Waals surface area contributed by atoms with Crippen LogP contribution in [0.1, 0.15) is 15.9 Å². The van der Waals surface area contributed by atoms with E-state index in [1.807, 2.05) is 37.4 Å². The lowest BCUT2D eigenvalue weighted by atomic mass is 10.1. The lowest BCUT2D eigenvalue weighted by Crippen LogP contribution is -2.31. The molecular formula is C18H20N2O4S. The molecule has 0 unspecified atom stereocenters. The van der Waals surface area contributed by atoms with E-state index < -0.39 is 10.8 Å². The van der Waals surface area contributed by atoms with Crippen LogP contribution in [0.4, 0.5) is 5.69 Å². The topological polar surface area (TPSA) is 72.7 Å². The molecule has 2 rings (SSSR count). The molecule has 0 N–H and O–H groups in total. The molecule has 6 nitrogen and oxygen atoms in total. The van der Waals surface area contributed by atoms with E-state index in [2.05, 4.69) is 0 Å². The molecule has 0 spiro atoms. The van der Waals surface area contributed by atoms with E-state index >= 15 is 0 Å². The molecule has 2 aromatic carbocycles. The third kappa shape index (κ3) is 4.96. The molecule has 7 heteroatoms. The number of thioether (sulfide) groups is 1. The van der Waals surface area contributed by atoms with E-state index in [9.17, 15) is 14.9 Å². The summed E-state index contributed by atoms with van der Waals surface area (Å²) >= 11 is 1.43. The molecule has 0 bridgehead atoms. The van der Waals surface area contributed by atoms with Gasteiger partial charge in [-0.25, -0.2) is 0 Å². The molecular weight excluding hydrogens is 340 g/mol. The number of ether oxygens (including phenoxy) is 1. The Kier molecular flexibility index (Phi) is 6.41. The minimum atomic E-state index is -0.533. The van der Waals surface area contributed by atoms with Crippen molar-refractivity contribution in [1.82, 2.24) is 4.90 Å². The second-order valence-electron chi connectivity index (χ2n) is 5.53. The van der Waals surface area contributed by atoms with Gasteiger partial charge < -0.3 is 9.64 Å². The van der Waals surface area contributed by atoms with Crippen LogP contribution >= 0.6 is 11.8 Å². The summed E-state index contributed by atoms with van der Waals surface area (Å²) in [4.78, 5) is 25.5. The van der Waals surface area contributed by atoms with E-state index in [-0.39, 0.29) is 11.3 Å². The average Bonchev–Trinajstić information content (AvgIpc) is 2.60. The molecule has 0 aliphatic heterocycles. The van der Waals surface area contributed by atoms with Crippen LogP contribution in [-0.2, 0) is 0 Å². The standard InChI is InChI=1S/C18H20N2O4S/c1-13-5-4-6-14(11-13)24-10-9-19(2)18(21)16-12-15(25-3)7-8-17(16)20(22)23/h4-8,11-12H,9-10H2,1-3H3. The number of hydrogen-bond donors (Lipinski definition) is 0. The molecule has 0 saturated heterocycles. The summed E-state index contributed by atoms with van der Waals surface area (Å²) in [6, 6.07) is 12.2. The van der Waals surface area contributed by atoms with Gasteiger partial charge >= 0.3 is 0 Å². The summed E-state index contributed by atoms with van der Waals surface area (Å²) in [7, 11) is 1.61. The minimum Gasteiger partial charge on any atom is -0.492 e. The first-order chi connectivity index (χ1) is 11.9. The molecule has 0 saturated carbocycles. The van der Waals surface area contributed by atoms with Crippen molar-refractivity contribution >= 4 is 23.4 Å². The number of rotatable bonds is 7. The van der Waals surface area contributed by atoms with E-state index in [0.29, 0.717) is 13.2 Å². The fraction of sp³-hybridized carbons (Fsp3) is 0.278. The molecule has 132 valence electrons. The number of nitro groups is 1. The van der Waals surface area contributed by atoms with Gasteiger partial charge in [0.1, 0.15) is 17.9 Å². The van der Waals surface area contributed by atoms with Crippen LogP contribution in [0, 0.1) is 17.0 Å². The van der Waals surface area contributed by atoms with Crippen molar-refractivity contribution in [2.75, 3.05) is 26.5 Å². The summed E-state index contributed by atoms with van der Waals surface area (Å²) in [6.07, 6.45) is 1.86. The van der Waals surface area contributed by atoms with E-state index in [1.165, 1.54) is 22.7 Å². The van der Waals surface area contributed by atoms with Crippen molar-refractivity contribution in [1.29, 1.82) is 0 Å². The highest BCUT2D eigenvalue weighted by Gasteiger charge is 2.23. The highest BCUT2D eigenvalue weighted by atomic mass is 32.2. The number of carbonyl (C=O) groups is 1. The highest BCUT2D eigenvalue weighted by Crippen LogP contribution is 2.25. The van der Waals surface area contributed by atoms with Gasteiger partial charge in [-0.15, -0.1) is 11.8 Å².